The lowest BCUT2D eigenvalue weighted by Gasteiger charge is -2.18. The van der Waals surface area contributed by atoms with Crippen molar-refractivity contribution >= 4 is 17.9 Å². The largest absolute Gasteiger partial charge is 0.462 e. The first-order chi connectivity index (χ1) is 33.5. The summed E-state index contributed by atoms with van der Waals surface area (Å²) >= 11 is 0. The van der Waals surface area contributed by atoms with E-state index in [-0.39, 0.29) is 31.1 Å². The van der Waals surface area contributed by atoms with Crippen LogP contribution in [0.15, 0.2) is 109 Å². The molecule has 0 radical (unpaired) electrons. The number of hydrogen-bond donors (Lipinski definition) is 0. The van der Waals surface area contributed by atoms with Crippen molar-refractivity contribution in [2.75, 3.05) is 13.2 Å². The highest BCUT2D eigenvalue weighted by molar-refractivity contribution is 5.71. The van der Waals surface area contributed by atoms with Gasteiger partial charge in [0, 0.05) is 19.3 Å². The van der Waals surface area contributed by atoms with Crippen LogP contribution in [0.1, 0.15) is 245 Å². The van der Waals surface area contributed by atoms with Crippen LogP contribution in [0.5, 0.6) is 0 Å². The van der Waals surface area contributed by atoms with Gasteiger partial charge in [-0.15, -0.1) is 0 Å². The molecule has 0 aliphatic heterocycles. The van der Waals surface area contributed by atoms with Crippen LogP contribution in [0.25, 0.3) is 0 Å². The Bertz CT molecular complexity index is 1410. The molecule has 1 atom stereocenters. The van der Waals surface area contributed by atoms with Gasteiger partial charge in [-0.05, 0) is 122 Å². The van der Waals surface area contributed by atoms with E-state index in [9.17, 15) is 14.4 Å². The molecule has 0 spiro atoms. The van der Waals surface area contributed by atoms with Gasteiger partial charge >= 0.3 is 17.9 Å². The van der Waals surface area contributed by atoms with Gasteiger partial charge in [-0.2, -0.15) is 0 Å². The van der Waals surface area contributed by atoms with Crippen LogP contribution < -0.4 is 0 Å². The molecule has 0 N–H and O–H groups in total. The van der Waals surface area contributed by atoms with Crippen LogP contribution in [0.4, 0.5) is 0 Å². The highest BCUT2D eigenvalue weighted by atomic mass is 16.6. The molecule has 6 nitrogen and oxygen atoms in total. The fourth-order valence-electron chi connectivity index (χ4n) is 7.30. The van der Waals surface area contributed by atoms with Crippen molar-refractivity contribution < 1.29 is 28.6 Å². The summed E-state index contributed by atoms with van der Waals surface area (Å²) in [7, 11) is 0. The maximum atomic E-state index is 12.8. The molecule has 0 aromatic carbocycles. The molecule has 6 heteroatoms. The van der Waals surface area contributed by atoms with E-state index in [1.807, 2.05) is 0 Å². The van der Waals surface area contributed by atoms with E-state index < -0.39 is 6.10 Å². The van der Waals surface area contributed by atoms with Gasteiger partial charge in [0.1, 0.15) is 13.2 Å². The highest BCUT2D eigenvalue weighted by Crippen LogP contribution is 2.13. The second-order valence-electron chi connectivity index (χ2n) is 18.1. The molecule has 0 saturated carbocycles. The summed E-state index contributed by atoms with van der Waals surface area (Å²) in [5.41, 5.74) is 0. The number of rotatable bonds is 49. The number of unbranched alkanes of at least 4 members (excludes halogenated alkanes) is 20. The van der Waals surface area contributed by atoms with E-state index >= 15 is 0 Å². The summed E-state index contributed by atoms with van der Waals surface area (Å²) < 4.78 is 16.8. The normalized spacial score (nSPS) is 12.9. The monoisotopic (exact) mass is 943 g/mol. The third kappa shape index (κ3) is 53.0. The van der Waals surface area contributed by atoms with E-state index in [0.29, 0.717) is 19.3 Å². The second kappa shape index (κ2) is 55.7. The number of allylic oxidation sites excluding steroid dienone is 18. The van der Waals surface area contributed by atoms with Gasteiger partial charge in [0.15, 0.2) is 6.10 Å². The van der Waals surface area contributed by atoms with Gasteiger partial charge in [-0.3, -0.25) is 14.4 Å². The fraction of sp³-hybridized carbons (Fsp3) is 0.661. The summed E-state index contributed by atoms with van der Waals surface area (Å²) in [6, 6.07) is 0. The minimum atomic E-state index is -0.794. The lowest BCUT2D eigenvalue weighted by Crippen LogP contribution is -2.30. The van der Waals surface area contributed by atoms with Crippen LogP contribution in [0, 0.1) is 0 Å². The lowest BCUT2D eigenvalue weighted by atomic mass is 10.1. The Morgan fingerprint density at radius 3 is 0.971 bits per heavy atom. The zero-order valence-corrected chi connectivity index (χ0v) is 44.1. The van der Waals surface area contributed by atoms with Gasteiger partial charge in [0.25, 0.3) is 0 Å². The number of ether oxygens (including phenoxy) is 3. The Balaban J connectivity index is 4.32. The van der Waals surface area contributed by atoms with E-state index in [1.165, 1.54) is 51.4 Å². The van der Waals surface area contributed by atoms with Gasteiger partial charge < -0.3 is 14.2 Å². The molecular formula is C62H102O6. The molecule has 386 valence electrons. The molecule has 0 amide bonds. The Morgan fingerprint density at radius 1 is 0.309 bits per heavy atom. The zero-order chi connectivity index (χ0) is 49.3. The van der Waals surface area contributed by atoms with Gasteiger partial charge in [0.05, 0.1) is 0 Å². The molecule has 0 aromatic heterocycles. The van der Waals surface area contributed by atoms with Gasteiger partial charge in [-0.25, -0.2) is 0 Å². The van der Waals surface area contributed by atoms with Crippen molar-refractivity contribution in [3.05, 3.63) is 109 Å². The molecule has 1 unspecified atom stereocenters. The van der Waals surface area contributed by atoms with Crippen LogP contribution in [-0.2, 0) is 28.6 Å². The standard InChI is InChI=1S/C62H102O6/c1-4-7-10-13-16-19-22-24-25-26-27-28-29-30-31-32-33-34-35-36-37-39-40-43-46-49-52-55-61(64)67-58-59(57-66-60(63)54-51-48-45-42-21-18-15-12-9-6-3)68-62(65)56-53-50-47-44-41-38-23-20-17-14-11-8-5-2/h7,10,12,15-16,19-20,23-25,27-28,30-31,33-34,36-37,59H,4-6,8-9,11,13-14,17-18,21-22,26,29,32,35,38-58H2,1-3H3/b10-7-,15-12-,19-16-,23-20-,25-24-,28-27-,31-30-,34-33-,37-36-. The average molecular weight is 943 g/mol. The first kappa shape index (κ1) is 64.1. The topological polar surface area (TPSA) is 78.9 Å². The van der Waals surface area contributed by atoms with Crippen LogP contribution in [-0.4, -0.2) is 37.2 Å². The minimum absolute atomic E-state index is 0.0933. The molecule has 0 fully saturated rings. The predicted octanol–water partition coefficient (Wildman–Crippen LogP) is 18.7. The van der Waals surface area contributed by atoms with Crippen LogP contribution >= 0.6 is 0 Å². The lowest BCUT2D eigenvalue weighted by molar-refractivity contribution is -0.167. The summed E-state index contributed by atoms with van der Waals surface area (Å²) in [4.78, 5) is 38.0. The molecule has 68 heavy (non-hydrogen) atoms. The Kier molecular flexibility index (Phi) is 52.4. The summed E-state index contributed by atoms with van der Waals surface area (Å²) in [6.45, 7) is 6.41. The molecule has 0 heterocycles. The number of hydrogen-bond acceptors (Lipinski definition) is 6. The third-order valence-corrected chi connectivity index (χ3v) is 11.5. The summed E-state index contributed by atoms with van der Waals surface area (Å²) in [5, 5.41) is 0. The van der Waals surface area contributed by atoms with E-state index in [1.54, 1.807) is 0 Å². The summed E-state index contributed by atoms with van der Waals surface area (Å²) in [5.74, 6) is -0.935. The number of carbonyl (C=O) groups excluding carboxylic acids is 3. The third-order valence-electron chi connectivity index (χ3n) is 11.5. The van der Waals surface area contributed by atoms with Crippen molar-refractivity contribution in [1.82, 2.24) is 0 Å². The van der Waals surface area contributed by atoms with Crippen molar-refractivity contribution in [3.63, 3.8) is 0 Å². The highest BCUT2D eigenvalue weighted by Gasteiger charge is 2.19. The Hall–Kier alpha value is -3.93. The molecule has 0 saturated heterocycles. The van der Waals surface area contributed by atoms with Crippen molar-refractivity contribution in [2.24, 2.45) is 0 Å². The average Bonchev–Trinajstić information content (AvgIpc) is 3.34. The summed E-state index contributed by atoms with van der Waals surface area (Å²) in [6.07, 6.45) is 75.1. The zero-order valence-electron chi connectivity index (χ0n) is 44.1. The van der Waals surface area contributed by atoms with Crippen LogP contribution in [0.3, 0.4) is 0 Å². The van der Waals surface area contributed by atoms with Crippen LogP contribution in [0.2, 0.25) is 0 Å². The molecule has 0 aliphatic carbocycles. The quantitative estimate of drug-likeness (QED) is 0.0262. The maximum Gasteiger partial charge on any atom is 0.306 e. The van der Waals surface area contributed by atoms with Gasteiger partial charge in [0.2, 0.25) is 0 Å². The van der Waals surface area contributed by atoms with Gasteiger partial charge in [-0.1, -0.05) is 214 Å². The first-order valence-electron chi connectivity index (χ1n) is 27.9. The first-order valence-corrected chi connectivity index (χ1v) is 27.9. The number of carbonyl (C=O) groups is 3. The van der Waals surface area contributed by atoms with E-state index in [4.69, 9.17) is 14.2 Å². The Morgan fingerprint density at radius 2 is 0.603 bits per heavy atom. The molecule has 0 aliphatic rings. The maximum absolute atomic E-state index is 12.8. The minimum Gasteiger partial charge on any atom is -0.462 e. The van der Waals surface area contributed by atoms with E-state index in [2.05, 4.69) is 130 Å². The van der Waals surface area contributed by atoms with E-state index in [0.717, 1.165) is 154 Å². The van der Waals surface area contributed by atoms with Crippen molar-refractivity contribution in [1.29, 1.82) is 0 Å². The molecule has 0 bridgehead atoms. The second-order valence-corrected chi connectivity index (χ2v) is 18.1. The van der Waals surface area contributed by atoms with Crippen molar-refractivity contribution in [2.45, 2.75) is 252 Å². The smallest absolute Gasteiger partial charge is 0.306 e. The fourth-order valence-corrected chi connectivity index (χ4v) is 7.30. The number of esters is 3. The Labute approximate surface area is 419 Å². The SMILES string of the molecule is CC/C=C\C/C=C\C/C=C\C/C=C\C/C=C\C/C=C\C/C=C\CCCCCCCC(=O)OCC(COC(=O)CCCCCCC/C=C\CCC)OC(=O)CCCCCCC/C=C\CCCCCC. The van der Waals surface area contributed by atoms with Crippen molar-refractivity contribution in [3.8, 4) is 0 Å². The molecule has 0 rings (SSSR count). The predicted molar refractivity (Wildman–Crippen MR) is 293 cm³/mol. The molecular weight excluding hydrogens is 841 g/mol. The molecule has 0 aromatic rings.